The lowest BCUT2D eigenvalue weighted by molar-refractivity contribution is 0.180. The molecule has 0 bridgehead atoms. The van der Waals surface area contributed by atoms with E-state index in [0.717, 1.165) is 43.2 Å². The van der Waals surface area contributed by atoms with Gasteiger partial charge in [0.25, 0.3) is 0 Å². The van der Waals surface area contributed by atoms with Gasteiger partial charge in [-0.3, -0.25) is 9.98 Å². The molecule has 6 nitrogen and oxygen atoms in total. The van der Waals surface area contributed by atoms with Crippen molar-refractivity contribution >= 4 is 5.96 Å². The highest BCUT2D eigenvalue weighted by atomic mass is 16.3. The van der Waals surface area contributed by atoms with Crippen LogP contribution in [0.1, 0.15) is 57.0 Å². The number of nitrogens with zero attached hydrogens (tertiary/aromatic N) is 2. The third kappa shape index (κ3) is 8.13. The quantitative estimate of drug-likeness (QED) is 0.383. The van der Waals surface area contributed by atoms with Gasteiger partial charge in [-0.2, -0.15) is 0 Å². The summed E-state index contributed by atoms with van der Waals surface area (Å²) in [6.45, 7) is 6.34. The predicted molar refractivity (Wildman–Crippen MR) is 113 cm³/mol. The fourth-order valence-corrected chi connectivity index (χ4v) is 2.97. The van der Waals surface area contributed by atoms with Gasteiger partial charge in [0.15, 0.2) is 5.96 Å². The molecule has 2 aromatic rings. The van der Waals surface area contributed by atoms with Crippen molar-refractivity contribution in [1.29, 1.82) is 0 Å². The van der Waals surface area contributed by atoms with Crippen molar-refractivity contribution < 1.29 is 9.52 Å². The zero-order valence-corrected chi connectivity index (χ0v) is 17.1. The van der Waals surface area contributed by atoms with E-state index in [1.54, 1.807) is 18.7 Å². The molecule has 2 unspecified atom stereocenters. The summed E-state index contributed by atoms with van der Waals surface area (Å²) in [7, 11) is 0. The van der Waals surface area contributed by atoms with Gasteiger partial charge in [0.2, 0.25) is 0 Å². The maximum atomic E-state index is 10.4. The Labute approximate surface area is 168 Å². The molecule has 0 fully saturated rings. The molecule has 0 saturated heterocycles. The fraction of sp³-hybridized carbons (Fsp3) is 0.545. The van der Waals surface area contributed by atoms with E-state index in [0.29, 0.717) is 12.5 Å². The first kappa shape index (κ1) is 22.0. The summed E-state index contributed by atoms with van der Waals surface area (Å²) in [5.74, 6) is 2.27. The number of furan rings is 1. The molecule has 0 aliphatic rings. The molecule has 0 spiro atoms. The van der Waals surface area contributed by atoms with E-state index in [1.165, 1.54) is 19.3 Å². The highest BCUT2D eigenvalue weighted by molar-refractivity contribution is 5.79. The minimum absolute atomic E-state index is 0.391. The van der Waals surface area contributed by atoms with Gasteiger partial charge in [-0.1, -0.05) is 33.1 Å². The first-order chi connectivity index (χ1) is 13.7. The SMILES string of the molecule is CCCCC(CC)CN=C(NCCc1ccco1)NCC(O)c1ccncc1. The summed E-state index contributed by atoms with van der Waals surface area (Å²) >= 11 is 0. The Bertz CT molecular complexity index is 658. The summed E-state index contributed by atoms with van der Waals surface area (Å²) in [6.07, 6.45) is 10.0. The second-order valence-electron chi connectivity index (χ2n) is 7.04. The van der Waals surface area contributed by atoms with Crippen molar-refractivity contribution in [3.05, 3.63) is 54.2 Å². The molecule has 2 atom stereocenters. The van der Waals surface area contributed by atoms with Crippen LogP contribution in [0.3, 0.4) is 0 Å². The Hall–Kier alpha value is -2.34. The topological polar surface area (TPSA) is 82.7 Å². The number of unbranched alkanes of at least 4 members (excludes halogenated alkanes) is 1. The molecule has 154 valence electrons. The standard InChI is InChI=1S/C22H34N4O2/c1-3-5-7-18(4-2)16-25-22(24-14-11-20-8-6-15-28-20)26-17-21(27)19-9-12-23-13-10-19/h6,8-10,12-13,15,18,21,27H,3-5,7,11,14,16-17H2,1-2H3,(H2,24,25,26). The minimum Gasteiger partial charge on any atom is -0.469 e. The van der Waals surface area contributed by atoms with Gasteiger partial charge in [-0.05, 0) is 42.2 Å². The third-order valence-electron chi connectivity index (χ3n) is 4.85. The Morgan fingerprint density at radius 1 is 1.21 bits per heavy atom. The molecule has 2 aromatic heterocycles. The zero-order chi connectivity index (χ0) is 20.0. The second kappa shape index (κ2) is 12.9. The monoisotopic (exact) mass is 386 g/mol. The van der Waals surface area contributed by atoms with Crippen LogP contribution in [0, 0.1) is 5.92 Å². The van der Waals surface area contributed by atoms with E-state index in [1.807, 2.05) is 24.3 Å². The third-order valence-corrected chi connectivity index (χ3v) is 4.85. The van der Waals surface area contributed by atoms with Crippen molar-refractivity contribution in [3.8, 4) is 0 Å². The van der Waals surface area contributed by atoms with Gasteiger partial charge in [0.05, 0.1) is 12.4 Å². The van der Waals surface area contributed by atoms with E-state index >= 15 is 0 Å². The number of aliphatic imine (C=N–C) groups is 1. The number of hydrogen-bond donors (Lipinski definition) is 3. The molecular weight excluding hydrogens is 352 g/mol. The zero-order valence-electron chi connectivity index (χ0n) is 17.1. The molecule has 0 saturated carbocycles. The lowest BCUT2D eigenvalue weighted by atomic mass is 10.00. The van der Waals surface area contributed by atoms with Gasteiger partial charge in [-0.15, -0.1) is 0 Å². The molecule has 3 N–H and O–H groups in total. The molecule has 2 heterocycles. The number of aliphatic hydroxyl groups excluding tert-OH is 1. The first-order valence-corrected chi connectivity index (χ1v) is 10.4. The average molecular weight is 387 g/mol. The number of aliphatic hydroxyl groups is 1. The van der Waals surface area contributed by atoms with Crippen LogP contribution in [-0.2, 0) is 6.42 Å². The van der Waals surface area contributed by atoms with Gasteiger partial charge >= 0.3 is 0 Å². The summed E-state index contributed by atoms with van der Waals surface area (Å²) in [5.41, 5.74) is 0.840. The molecule has 0 aliphatic heterocycles. The summed E-state index contributed by atoms with van der Waals surface area (Å²) in [6, 6.07) is 7.51. The van der Waals surface area contributed by atoms with Crippen LogP contribution in [0.25, 0.3) is 0 Å². The fourth-order valence-electron chi connectivity index (χ4n) is 2.97. The first-order valence-electron chi connectivity index (χ1n) is 10.4. The van der Waals surface area contributed by atoms with Crippen LogP contribution in [0.5, 0.6) is 0 Å². The van der Waals surface area contributed by atoms with Crippen LogP contribution in [0.2, 0.25) is 0 Å². The average Bonchev–Trinajstić information content (AvgIpc) is 3.25. The van der Waals surface area contributed by atoms with Crippen LogP contribution in [0.15, 0.2) is 52.3 Å². The molecule has 0 radical (unpaired) electrons. The van der Waals surface area contributed by atoms with Gasteiger partial charge in [-0.25, -0.2) is 0 Å². The van der Waals surface area contributed by atoms with E-state index in [2.05, 4.69) is 29.5 Å². The number of pyridine rings is 1. The Balaban J connectivity index is 1.90. The molecule has 6 heteroatoms. The molecule has 0 aliphatic carbocycles. The van der Waals surface area contributed by atoms with Crippen molar-refractivity contribution in [3.63, 3.8) is 0 Å². The number of nitrogens with one attached hydrogen (secondary N) is 2. The van der Waals surface area contributed by atoms with Crippen LogP contribution >= 0.6 is 0 Å². The highest BCUT2D eigenvalue weighted by Crippen LogP contribution is 2.13. The minimum atomic E-state index is -0.609. The Morgan fingerprint density at radius 2 is 2.04 bits per heavy atom. The number of aromatic nitrogens is 1. The smallest absolute Gasteiger partial charge is 0.191 e. The molecule has 28 heavy (non-hydrogen) atoms. The van der Waals surface area contributed by atoms with E-state index in [9.17, 15) is 5.11 Å². The van der Waals surface area contributed by atoms with Crippen LogP contribution in [-0.4, -0.2) is 35.7 Å². The van der Waals surface area contributed by atoms with Gasteiger partial charge in [0.1, 0.15) is 5.76 Å². The van der Waals surface area contributed by atoms with Crippen molar-refractivity contribution in [1.82, 2.24) is 15.6 Å². The molecule has 0 aromatic carbocycles. The number of rotatable bonds is 12. The Morgan fingerprint density at radius 3 is 2.71 bits per heavy atom. The molecule has 0 amide bonds. The lowest BCUT2D eigenvalue weighted by Crippen LogP contribution is -2.40. The largest absolute Gasteiger partial charge is 0.469 e. The van der Waals surface area contributed by atoms with Crippen LogP contribution < -0.4 is 10.6 Å². The second-order valence-corrected chi connectivity index (χ2v) is 7.04. The number of guanidine groups is 1. The summed E-state index contributed by atoms with van der Waals surface area (Å²) in [4.78, 5) is 8.77. The summed E-state index contributed by atoms with van der Waals surface area (Å²) < 4.78 is 5.39. The molecule has 2 rings (SSSR count). The van der Waals surface area contributed by atoms with E-state index < -0.39 is 6.10 Å². The van der Waals surface area contributed by atoms with Crippen molar-refractivity contribution in [2.24, 2.45) is 10.9 Å². The van der Waals surface area contributed by atoms with E-state index in [4.69, 9.17) is 9.41 Å². The normalized spacial score (nSPS) is 13.9. The molecular formula is C22H34N4O2. The van der Waals surface area contributed by atoms with Crippen LogP contribution in [0.4, 0.5) is 0 Å². The van der Waals surface area contributed by atoms with Crippen molar-refractivity contribution in [2.75, 3.05) is 19.6 Å². The van der Waals surface area contributed by atoms with Gasteiger partial charge < -0.3 is 20.2 Å². The number of hydrogen-bond acceptors (Lipinski definition) is 4. The highest BCUT2D eigenvalue weighted by Gasteiger charge is 2.10. The predicted octanol–water partition coefficient (Wildman–Crippen LogP) is 3.70. The van der Waals surface area contributed by atoms with E-state index in [-0.39, 0.29) is 0 Å². The maximum absolute atomic E-state index is 10.4. The summed E-state index contributed by atoms with van der Waals surface area (Å²) in [5, 5.41) is 17.0. The van der Waals surface area contributed by atoms with Gasteiger partial charge in [0, 0.05) is 38.4 Å². The Kier molecular flexibility index (Phi) is 10.1. The lowest BCUT2D eigenvalue weighted by Gasteiger charge is -2.17. The maximum Gasteiger partial charge on any atom is 0.191 e. The van der Waals surface area contributed by atoms with Crippen molar-refractivity contribution in [2.45, 2.75) is 52.1 Å².